The molecule has 0 aliphatic carbocycles. The van der Waals surface area contributed by atoms with E-state index in [4.69, 9.17) is 10.8 Å². The third kappa shape index (κ3) is 6.54. The lowest BCUT2D eigenvalue weighted by Crippen LogP contribution is -2.40. The summed E-state index contributed by atoms with van der Waals surface area (Å²) >= 11 is 0. The molecular weight excluding hydrogens is 154 g/mol. The third-order valence-electron chi connectivity index (χ3n) is 1.71. The van der Waals surface area contributed by atoms with Crippen LogP contribution in [0.5, 0.6) is 0 Å². The van der Waals surface area contributed by atoms with Crippen LogP contribution in [0.2, 0.25) is 0 Å². The van der Waals surface area contributed by atoms with E-state index in [2.05, 4.69) is 9.80 Å². The first kappa shape index (κ1) is 11.8. The topological polar surface area (TPSA) is 52.7 Å². The zero-order valence-electron chi connectivity index (χ0n) is 8.32. The smallest absolute Gasteiger partial charge is 0.0595 e. The van der Waals surface area contributed by atoms with Crippen molar-refractivity contribution in [1.82, 2.24) is 9.80 Å². The van der Waals surface area contributed by atoms with E-state index in [1.54, 1.807) is 0 Å². The van der Waals surface area contributed by atoms with Crippen molar-refractivity contribution in [3.8, 4) is 0 Å². The molecule has 0 aromatic heterocycles. The minimum atomic E-state index is -0.114. The van der Waals surface area contributed by atoms with Crippen molar-refractivity contribution in [3.63, 3.8) is 0 Å². The first-order valence-electron chi connectivity index (χ1n) is 4.26. The van der Waals surface area contributed by atoms with E-state index in [0.29, 0.717) is 0 Å². The molecule has 12 heavy (non-hydrogen) atoms. The Balaban J connectivity index is 3.39. The normalized spacial score (nSPS) is 14.2. The van der Waals surface area contributed by atoms with E-state index in [9.17, 15) is 0 Å². The van der Waals surface area contributed by atoms with Gasteiger partial charge in [0.05, 0.1) is 6.61 Å². The molecule has 0 spiro atoms. The first-order valence-corrected chi connectivity index (χ1v) is 4.26. The van der Waals surface area contributed by atoms with Gasteiger partial charge in [0.2, 0.25) is 0 Å². The lowest BCUT2D eigenvalue weighted by atomic mass is 10.3. The maximum Gasteiger partial charge on any atom is 0.0595 e. The standard InChI is InChI=1S/C8H21N3O/c1-10(2)4-5-11(3)6-8(9)7-12/h8,12H,4-7,9H2,1-3H3. The Kier molecular flexibility index (Phi) is 6.28. The zero-order valence-corrected chi connectivity index (χ0v) is 8.32. The molecule has 0 aromatic rings. The van der Waals surface area contributed by atoms with Crippen LogP contribution >= 0.6 is 0 Å². The van der Waals surface area contributed by atoms with E-state index >= 15 is 0 Å². The molecule has 3 N–H and O–H groups in total. The Morgan fingerprint density at radius 3 is 2.25 bits per heavy atom. The zero-order chi connectivity index (χ0) is 9.56. The van der Waals surface area contributed by atoms with Crippen LogP contribution in [0.3, 0.4) is 0 Å². The van der Waals surface area contributed by atoms with Gasteiger partial charge in [0.25, 0.3) is 0 Å². The molecule has 0 rings (SSSR count). The number of nitrogens with two attached hydrogens (primary N) is 1. The largest absolute Gasteiger partial charge is 0.395 e. The molecule has 4 heteroatoms. The molecule has 1 unspecified atom stereocenters. The summed E-state index contributed by atoms with van der Waals surface area (Å²) in [6.07, 6.45) is 0. The molecule has 0 saturated heterocycles. The Morgan fingerprint density at radius 2 is 1.83 bits per heavy atom. The Bertz CT molecular complexity index is 108. The quantitative estimate of drug-likeness (QED) is 0.532. The molecule has 1 atom stereocenters. The van der Waals surface area contributed by atoms with Crippen molar-refractivity contribution >= 4 is 0 Å². The number of likely N-dealkylation sites (N-methyl/N-ethyl adjacent to an activating group) is 2. The highest BCUT2D eigenvalue weighted by molar-refractivity contribution is 4.64. The summed E-state index contributed by atoms with van der Waals surface area (Å²) in [7, 11) is 6.10. The fraction of sp³-hybridized carbons (Fsp3) is 1.00. The second kappa shape index (κ2) is 6.37. The molecule has 0 radical (unpaired) electrons. The molecule has 0 aliphatic heterocycles. The van der Waals surface area contributed by atoms with Gasteiger partial charge in [-0.25, -0.2) is 0 Å². The molecule has 0 amide bonds. The van der Waals surface area contributed by atoms with Gasteiger partial charge < -0.3 is 20.6 Å². The van der Waals surface area contributed by atoms with Crippen molar-refractivity contribution in [1.29, 1.82) is 0 Å². The summed E-state index contributed by atoms with van der Waals surface area (Å²) in [4.78, 5) is 4.25. The van der Waals surface area contributed by atoms with Crippen molar-refractivity contribution in [3.05, 3.63) is 0 Å². The minimum absolute atomic E-state index is 0.0618. The summed E-state index contributed by atoms with van der Waals surface area (Å²) in [6.45, 7) is 2.83. The second-order valence-corrected chi connectivity index (χ2v) is 3.51. The molecule has 0 saturated carbocycles. The predicted molar refractivity (Wildman–Crippen MR) is 51.1 cm³/mol. The highest BCUT2D eigenvalue weighted by atomic mass is 16.3. The summed E-state index contributed by atoms with van der Waals surface area (Å²) < 4.78 is 0. The Hall–Kier alpha value is -0.160. The average molecular weight is 175 g/mol. The molecular formula is C8H21N3O. The number of nitrogens with zero attached hydrogens (tertiary/aromatic N) is 2. The lowest BCUT2D eigenvalue weighted by Gasteiger charge is -2.21. The van der Waals surface area contributed by atoms with Crippen LogP contribution < -0.4 is 5.73 Å². The summed E-state index contributed by atoms with van der Waals surface area (Å²) in [5.74, 6) is 0. The molecule has 0 heterocycles. The highest BCUT2D eigenvalue weighted by Gasteiger charge is 2.04. The van der Waals surface area contributed by atoms with Crippen LogP contribution in [-0.4, -0.2) is 68.3 Å². The van der Waals surface area contributed by atoms with Crippen LogP contribution in [-0.2, 0) is 0 Å². The van der Waals surface area contributed by atoms with Crippen molar-refractivity contribution in [2.75, 3.05) is 47.4 Å². The van der Waals surface area contributed by atoms with Gasteiger partial charge in [-0.05, 0) is 21.1 Å². The molecule has 4 nitrogen and oxygen atoms in total. The van der Waals surface area contributed by atoms with E-state index in [1.165, 1.54) is 0 Å². The predicted octanol–water partition coefficient (Wildman–Crippen LogP) is -1.20. The van der Waals surface area contributed by atoms with E-state index in [1.807, 2.05) is 21.1 Å². The van der Waals surface area contributed by atoms with Gasteiger partial charge in [0.15, 0.2) is 0 Å². The second-order valence-electron chi connectivity index (χ2n) is 3.51. The van der Waals surface area contributed by atoms with Gasteiger partial charge in [-0.1, -0.05) is 0 Å². The SMILES string of the molecule is CN(C)CCN(C)CC(N)CO. The maximum atomic E-state index is 8.70. The van der Waals surface area contributed by atoms with Crippen LogP contribution in [0.15, 0.2) is 0 Å². The van der Waals surface area contributed by atoms with Gasteiger partial charge >= 0.3 is 0 Å². The van der Waals surface area contributed by atoms with E-state index in [0.717, 1.165) is 19.6 Å². The molecule has 0 aromatic carbocycles. The Morgan fingerprint density at radius 1 is 1.25 bits per heavy atom. The number of aliphatic hydroxyl groups is 1. The van der Waals surface area contributed by atoms with Gasteiger partial charge in [0, 0.05) is 25.7 Å². The van der Waals surface area contributed by atoms with Crippen LogP contribution in [0.4, 0.5) is 0 Å². The van der Waals surface area contributed by atoms with Crippen LogP contribution in [0, 0.1) is 0 Å². The molecule has 0 bridgehead atoms. The number of hydrogen-bond donors (Lipinski definition) is 2. The number of rotatable bonds is 6. The molecule has 0 fully saturated rings. The molecule has 0 aliphatic rings. The maximum absolute atomic E-state index is 8.70. The molecule has 74 valence electrons. The number of hydrogen-bond acceptors (Lipinski definition) is 4. The van der Waals surface area contributed by atoms with Gasteiger partial charge in [-0.3, -0.25) is 0 Å². The van der Waals surface area contributed by atoms with Crippen molar-refractivity contribution in [2.24, 2.45) is 5.73 Å². The van der Waals surface area contributed by atoms with Gasteiger partial charge in [0.1, 0.15) is 0 Å². The minimum Gasteiger partial charge on any atom is -0.395 e. The van der Waals surface area contributed by atoms with Crippen molar-refractivity contribution < 1.29 is 5.11 Å². The highest BCUT2D eigenvalue weighted by Crippen LogP contribution is 1.86. The summed E-state index contributed by atoms with van der Waals surface area (Å²) in [5, 5.41) is 8.70. The average Bonchev–Trinajstić information content (AvgIpc) is 2.00. The third-order valence-corrected chi connectivity index (χ3v) is 1.71. The lowest BCUT2D eigenvalue weighted by molar-refractivity contribution is 0.212. The summed E-state index contributed by atoms with van der Waals surface area (Å²) in [6, 6.07) is -0.114. The number of aliphatic hydroxyl groups excluding tert-OH is 1. The van der Waals surface area contributed by atoms with E-state index < -0.39 is 0 Å². The van der Waals surface area contributed by atoms with Gasteiger partial charge in [-0.2, -0.15) is 0 Å². The monoisotopic (exact) mass is 175 g/mol. The fourth-order valence-electron chi connectivity index (χ4n) is 0.920. The fourth-order valence-corrected chi connectivity index (χ4v) is 0.920. The Labute approximate surface area is 74.9 Å². The van der Waals surface area contributed by atoms with E-state index in [-0.39, 0.29) is 12.6 Å². The summed E-state index contributed by atoms with van der Waals surface area (Å²) in [5.41, 5.74) is 5.57. The van der Waals surface area contributed by atoms with Crippen molar-refractivity contribution in [2.45, 2.75) is 6.04 Å². The first-order chi connectivity index (χ1) is 5.56. The van der Waals surface area contributed by atoms with Gasteiger partial charge in [-0.15, -0.1) is 0 Å². The van der Waals surface area contributed by atoms with Crippen LogP contribution in [0.1, 0.15) is 0 Å². The van der Waals surface area contributed by atoms with Crippen LogP contribution in [0.25, 0.3) is 0 Å².